The van der Waals surface area contributed by atoms with E-state index in [1.807, 2.05) is 6.07 Å². The minimum atomic E-state index is -0.464. The smallest absolute Gasteiger partial charge is 0.338 e. The highest BCUT2D eigenvalue weighted by atomic mass is 35.5. The van der Waals surface area contributed by atoms with E-state index in [-0.39, 0.29) is 6.61 Å². The van der Waals surface area contributed by atoms with Gasteiger partial charge in [0.05, 0.1) is 9.90 Å². The molecule has 0 aliphatic heterocycles. The number of hydrogen-bond donors (Lipinski definition) is 1. The monoisotopic (exact) mass is 301 g/mol. The van der Waals surface area contributed by atoms with Crippen molar-refractivity contribution in [1.29, 1.82) is 0 Å². The number of anilines is 1. The van der Waals surface area contributed by atoms with Gasteiger partial charge in [-0.3, -0.25) is 0 Å². The van der Waals surface area contributed by atoms with Crippen LogP contribution in [0.2, 0.25) is 9.36 Å². The molecule has 1 aromatic heterocycles. The van der Waals surface area contributed by atoms with Gasteiger partial charge in [-0.25, -0.2) is 4.79 Å². The fraction of sp³-hybridized carbons (Fsp3) is 0.0833. The van der Waals surface area contributed by atoms with Crippen molar-refractivity contribution in [1.82, 2.24) is 0 Å². The van der Waals surface area contributed by atoms with Gasteiger partial charge in [0, 0.05) is 15.6 Å². The summed E-state index contributed by atoms with van der Waals surface area (Å²) in [5.41, 5.74) is 6.36. The zero-order valence-electron chi connectivity index (χ0n) is 9.15. The molecule has 2 N–H and O–H groups in total. The van der Waals surface area contributed by atoms with Crippen LogP contribution < -0.4 is 5.73 Å². The van der Waals surface area contributed by atoms with Crippen LogP contribution in [0.15, 0.2) is 30.3 Å². The molecule has 0 spiro atoms. The van der Waals surface area contributed by atoms with Gasteiger partial charge in [0.25, 0.3) is 0 Å². The summed E-state index contributed by atoms with van der Waals surface area (Å²) in [5.74, 6) is -0.464. The van der Waals surface area contributed by atoms with Gasteiger partial charge in [0.15, 0.2) is 0 Å². The van der Waals surface area contributed by atoms with Crippen molar-refractivity contribution in [2.24, 2.45) is 0 Å². The Bertz CT molecular complexity index is 563. The second-order valence-corrected chi connectivity index (χ2v) is 5.79. The molecule has 6 heteroatoms. The molecule has 94 valence electrons. The maximum atomic E-state index is 11.8. The molecule has 0 saturated heterocycles. The molecular formula is C12H9Cl2NO2S. The van der Waals surface area contributed by atoms with E-state index >= 15 is 0 Å². The van der Waals surface area contributed by atoms with Crippen molar-refractivity contribution >= 4 is 46.2 Å². The maximum absolute atomic E-state index is 11.8. The molecule has 1 heterocycles. The fourth-order valence-corrected chi connectivity index (χ4v) is 2.62. The molecule has 0 aliphatic carbocycles. The highest BCUT2D eigenvalue weighted by Crippen LogP contribution is 2.23. The minimum Gasteiger partial charge on any atom is -0.456 e. The molecule has 2 rings (SSSR count). The maximum Gasteiger partial charge on any atom is 0.338 e. The summed E-state index contributed by atoms with van der Waals surface area (Å²) in [6.45, 7) is 0.183. The Kier molecular flexibility index (Phi) is 4.11. The summed E-state index contributed by atoms with van der Waals surface area (Å²) in [6.07, 6.45) is 0. The lowest BCUT2D eigenvalue weighted by molar-refractivity contribution is 0.0477. The van der Waals surface area contributed by atoms with E-state index in [1.165, 1.54) is 23.5 Å². The average Bonchev–Trinajstić information content (AvgIpc) is 2.70. The molecule has 0 radical (unpaired) electrons. The SMILES string of the molecule is Nc1cc(Cl)cc(C(=O)OCc2ccc(Cl)s2)c1. The largest absolute Gasteiger partial charge is 0.456 e. The normalized spacial score (nSPS) is 10.3. The molecule has 0 amide bonds. The number of carbonyl (C=O) groups excluding carboxylic acids is 1. The van der Waals surface area contributed by atoms with Gasteiger partial charge < -0.3 is 10.5 Å². The second-order valence-electron chi connectivity index (χ2n) is 3.56. The van der Waals surface area contributed by atoms with Crippen molar-refractivity contribution in [3.8, 4) is 0 Å². The van der Waals surface area contributed by atoms with Crippen LogP contribution in [0, 0.1) is 0 Å². The minimum absolute atomic E-state index is 0.183. The lowest BCUT2D eigenvalue weighted by atomic mass is 10.2. The first kappa shape index (κ1) is 13.2. The van der Waals surface area contributed by atoms with Gasteiger partial charge in [-0.15, -0.1) is 11.3 Å². The molecule has 0 saturated carbocycles. The Morgan fingerprint density at radius 3 is 2.67 bits per heavy atom. The highest BCUT2D eigenvalue weighted by Gasteiger charge is 2.10. The van der Waals surface area contributed by atoms with Gasteiger partial charge in [0.1, 0.15) is 6.61 Å². The van der Waals surface area contributed by atoms with Gasteiger partial charge in [-0.1, -0.05) is 23.2 Å². The Morgan fingerprint density at radius 2 is 2.06 bits per heavy atom. The van der Waals surface area contributed by atoms with Crippen LogP contribution in [0.5, 0.6) is 0 Å². The quantitative estimate of drug-likeness (QED) is 0.689. The lowest BCUT2D eigenvalue weighted by Crippen LogP contribution is -2.05. The third-order valence-corrected chi connectivity index (χ3v) is 3.55. The predicted molar refractivity (Wildman–Crippen MR) is 74.3 cm³/mol. The van der Waals surface area contributed by atoms with Crippen molar-refractivity contribution in [3.63, 3.8) is 0 Å². The number of hydrogen-bond acceptors (Lipinski definition) is 4. The van der Waals surface area contributed by atoms with Crippen LogP contribution in [0.25, 0.3) is 0 Å². The third kappa shape index (κ3) is 3.38. The standard InChI is InChI=1S/C12H9Cl2NO2S/c13-8-3-7(4-9(15)5-8)12(16)17-6-10-1-2-11(14)18-10/h1-5H,6,15H2. The van der Waals surface area contributed by atoms with E-state index in [0.29, 0.717) is 20.6 Å². The van der Waals surface area contributed by atoms with Crippen LogP contribution in [-0.2, 0) is 11.3 Å². The number of benzene rings is 1. The summed E-state index contributed by atoms with van der Waals surface area (Å²) in [7, 11) is 0. The third-order valence-electron chi connectivity index (χ3n) is 2.13. The van der Waals surface area contributed by atoms with Crippen molar-refractivity contribution in [3.05, 3.63) is 50.1 Å². The van der Waals surface area contributed by atoms with E-state index in [0.717, 1.165) is 4.88 Å². The Labute approximate surface area is 118 Å². The molecule has 0 bridgehead atoms. The molecule has 18 heavy (non-hydrogen) atoms. The Balaban J connectivity index is 2.03. The van der Waals surface area contributed by atoms with Crippen LogP contribution in [0.1, 0.15) is 15.2 Å². The van der Waals surface area contributed by atoms with Gasteiger partial charge in [-0.05, 0) is 30.3 Å². The second kappa shape index (κ2) is 5.61. The van der Waals surface area contributed by atoms with Crippen molar-refractivity contribution in [2.45, 2.75) is 6.61 Å². The Morgan fingerprint density at radius 1 is 1.28 bits per heavy atom. The number of nitrogen functional groups attached to an aromatic ring is 1. The van der Waals surface area contributed by atoms with E-state index < -0.39 is 5.97 Å². The number of esters is 1. The zero-order chi connectivity index (χ0) is 13.1. The molecule has 3 nitrogen and oxygen atoms in total. The fourth-order valence-electron chi connectivity index (χ4n) is 1.38. The van der Waals surface area contributed by atoms with Crippen molar-refractivity contribution < 1.29 is 9.53 Å². The topological polar surface area (TPSA) is 52.3 Å². The van der Waals surface area contributed by atoms with Crippen molar-refractivity contribution in [2.75, 3.05) is 5.73 Å². The molecule has 0 atom stereocenters. The van der Waals surface area contributed by atoms with Crippen LogP contribution in [0.4, 0.5) is 5.69 Å². The summed E-state index contributed by atoms with van der Waals surface area (Å²) in [6, 6.07) is 8.17. The zero-order valence-corrected chi connectivity index (χ0v) is 11.5. The summed E-state index contributed by atoms with van der Waals surface area (Å²) < 4.78 is 5.80. The highest BCUT2D eigenvalue weighted by molar-refractivity contribution is 7.16. The van der Waals surface area contributed by atoms with Crippen LogP contribution >= 0.6 is 34.5 Å². The van der Waals surface area contributed by atoms with Crippen LogP contribution in [0.3, 0.4) is 0 Å². The molecule has 0 unspecified atom stereocenters. The number of thiophene rings is 1. The number of halogens is 2. The first-order valence-corrected chi connectivity index (χ1v) is 6.59. The summed E-state index contributed by atoms with van der Waals surface area (Å²) >= 11 is 13.0. The van der Waals surface area contributed by atoms with Gasteiger partial charge in [0.2, 0.25) is 0 Å². The van der Waals surface area contributed by atoms with E-state index in [1.54, 1.807) is 12.1 Å². The van der Waals surface area contributed by atoms with Crippen LogP contribution in [-0.4, -0.2) is 5.97 Å². The van der Waals surface area contributed by atoms with E-state index in [4.69, 9.17) is 33.7 Å². The van der Waals surface area contributed by atoms with Gasteiger partial charge >= 0.3 is 5.97 Å². The predicted octanol–water partition coefficient (Wildman–Crippen LogP) is 3.99. The average molecular weight is 302 g/mol. The van der Waals surface area contributed by atoms with E-state index in [9.17, 15) is 4.79 Å². The Hall–Kier alpha value is -1.23. The number of nitrogens with two attached hydrogens (primary N) is 1. The number of rotatable bonds is 3. The molecular weight excluding hydrogens is 293 g/mol. The number of carbonyl (C=O) groups is 1. The summed E-state index contributed by atoms with van der Waals surface area (Å²) in [4.78, 5) is 12.6. The molecule has 2 aromatic rings. The molecule has 0 fully saturated rings. The first-order chi connectivity index (χ1) is 8.54. The van der Waals surface area contributed by atoms with E-state index in [2.05, 4.69) is 0 Å². The number of ether oxygens (including phenoxy) is 1. The lowest BCUT2D eigenvalue weighted by Gasteiger charge is -2.04. The molecule has 1 aromatic carbocycles. The first-order valence-electron chi connectivity index (χ1n) is 5.02. The molecule has 0 aliphatic rings. The van der Waals surface area contributed by atoms with Gasteiger partial charge in [-0.2, -0.15) is 0 Å². The summed E-state index contributed by atoms with van der Waals surface area (Å²) in [5, 5.41) is 0.404.